The predicted molar refractivity (Wildman–Crippen MR) is 109 cm³/mol. The molecule has 4 nitrogen and oxygen atoms in total. The first kappa shape index (κ1) is 19.0. The van der Waals surface area contributed by atoms with Crippen molar-refractivity contribution in [1.29, 1.82) is 0 Å². The van der Waals surface area contributed by atoms with Gasteiger partial charge in [-0.2, -0.15) is 0 Å². The van der Waals surface area contributed by atoms with Crippen LogP contribution in [0.15, 0.2) is 54.6 Å². The standard InChI is InChI=1S/C24H29NO3/c1-3-27-18-24-14-9-15-25(22(26)28-17-19-10-5-4-6-11-19)23(24,2)21-13-8-7-12-20(21)16-24/h4-8,10-13H,3,9,14-18H2,1-2H3/t23-,24+/m0/s1. The van der Waals surface area contributed by atoms with Gasteiger partial charge in [0.05, 0.1) is 12.1 Å². The minimum Gasteiger partial charge on any atom is -0.445 e. The summed E-state index contributed by atoms with van der Waals surface area (Å²) in [5.41, 5.74) is 3.06. The third-order valence-electron chi connectivity index (χ3n) is 6.69. The second-order valence-corrected chi connectivity index (χ2v) is 8.12. The fourth-order valence-electron chi connectivity index (χ4n) is 5.17. The van der Waals surface area contributed by atoms with Crippen molar-refractivity contribution in [2.45, 2.75) is 45.3 Å². The summed E-state index contributed by atoms with van der Waals surface area (Å²) in [7, 11) is 0. The Morgan fingerprint density at radius 3 is 2.64 bits per heavy atom. The highest BCUT2D eigenvalue weighted by Crippen LogP contribution is 2.58. The van der Waals surface area contributed by atoms with Gasteiger partial charge in [-0.3, -0.25) is 4.90 Å². The number of likely N-dealkylation sites (tertiary alicyclic amines) is 1. The molecule has 2 aromatic rings. The van der Waals surface area contributed by atoms with Gasteiger partial charge in [-0.15, -0.1) is 0 Å². The number of amides is 1. The topological polar surface area (TPSA) is 38.8 Å². The number of piperidine rings is 1. The van der Waals surface area contributed by atoms with E-state index in [0.717, 1.165) is 24.8 Å². The Kier molecular flexibility index (Phi) is 5.15. The maximum absolute atomic E-state index is 13.2. The molecule has 1 heterocycles. The summed E-state index contributed by atoms with van der Waals surface area (Å²) < 4.78 is 11.7. The number of ether oxygens (including phenoxy) is 2. The van der Waals surface area contributed by atoms with Gasteiger partial charge in [0.2, 0.25) is 0 Å². The van der Waals surface area contributed by atoms with Crippen LogP contribution in [0.5, 0.6) is 0 Å². The van der Waals surface area contributed by atoms with E-state index >= 15 is 0 Å². The van der Waals surface area contributed by atoms with Gasteiger partial charge in [-0.25, -0.2) is 4.79 Å². The van der Waals surface area contributed by atoms with Gasteiger partial charge in [0, 0.05) is 18.6 Å². The van der Waals surface area contributed by atoms with E-state index in [0.29, 0.717) is 26.4 Å². The van der Waals surface area contributed by atoms with Gasteiger partial charge in [0.1, 0.15) is 6.61 Å². The predicted octanol–water partition coefficient (Wildman–Crippen LogP) is 4.91. The van der Waals surface area contributed by atoms with Crippen LogP contribution in [0.2, 0.25) is 0 Å². The molecule has 28 heavy (non-hydrogen) atoms. The first-order chi connectivity index (χ1) is 13.6. The molecule has 0 bridgehead atoms. The van der Waals surface area contributed by atoms with Crippen molar-refractivity contribution in [3.05, 3.63) is 71.3 Å². The SMILES string of the molecule is CCOC[C@]12CCCN(C(=O)OCc3ccccc3)[C@@]1(C)c1ccccc1C2. The Morgan fingerprint density at radius 2 is 1.86 bits per heavy atom. The van der Waals surface area contributed by atoms with Gasteiger partial charge >= 0.3 is 6.09 Å². The number of hydrogen-bond acceptors (Lipinski definition) is 3. The van der Waals surface area contributed by atoms with E-state index in [1.807, 2.05) is 42.2 Å². The molecule has 0 radical (unpaired) electrons. The third kappa shape index (κ3) is 3.00. The summed E-state index contributed by atoms with van der Waals surface area (Å²) in [4.78, 5) is 15.2. The zero-order chi connectivity index (χ0) is 19.6. The first-order valence-corrected chi connectivity index (χ1v) is 10.3. The molecule has 2 aliphatic rings. The van der Waals surface area contributed by atoms with Crippen molar-refractivity contribution in [3.8, 4) is 0 Å². The summed E-state index contributed by atoms with van der Waals surface area (Å²) >= 11 is 0. The zero-order valence-corrected chi connectivity index (χ0v) is 16.8. The number of hydrogen-bond donors (Lipinski definition) is 0. The van der Waals surface area contributed by atoms with Gasteiger partial charge < -0.3 is 9.47 Å². The van der Waals surface area contributed by atoms with Gasteiger partial charge in [0.25, 0.3) is 0 Å². The van der Waals surface area contributed by atoms with Crippen molar-refractivity contribution in [2.24, 2.45) is 5.41 Å². The summed E-state index contributed by atoms with van der Waals surface area (Å²) in [6, 6.07) is 18.4. The third-order valence-corrected chi connectivity index (χ3v) is 6.69. The second kappa shape index (κ2) is 7.59. The molecular formula is C24H29NO3. The van der Waals surface area contributed by atoms with Crippen molar-refractivity contribution in [1.82, 2.24) is 4.90 Å². The zero-order valence-electron chi connectivity index (χ0n) is 16.8. The van der Waals surface area contributed by atoms with E-state index in [9.17, 15) is 4.79 Å². The summed E-state index contributed by atoms with van der Waals surface area (Å²) in [5.74, 6) is 0. The fourth-order valence-corrected chi connectivity index (χ4v) is 5.17. The van der Waals surface area contributed by atoms with Crippen LogP contribution in [0.25, 0.3) is 0 Å². The van der Waals surface area contributed by atoms with Crippen molar-refractivity contribution in [2.75, 3.05) is 19.8 Å². The lowest BCUT2D eigenvalue weighted by atomic mass is 9.65. The molecule has 1 fully saturated rings. The van der Waals surface area contributed by atoms with Crippen LogP contribution >= 0.6 is 0 Å². The second-order valence-electron chi connectivity index (χ2n) is 8.12. The molecule has 1 amide bonds. The summed E-state index contributed by atoms with van der Waals surface area (Å²) in [5, 5.41) is 0. The molecule has 0 spiro atoms. The molecule has 1 saturated heterocycles. The molecule has 1 aliphatic carbocycles. The normalized spacial score (nSPS) is 25.9. The summed E-state index contributed by atoms with van der Waals surface area (Å²) in [6.45, 7) is 6.61. The molecule has 2 aromatic carbocycles. The van der Waals surface area contributed by atoms with Crippen LogP contribution in [0, 0.1) is 5.41 Å². The van der Waals surface area contributed by atoms with Crippen LogP contribution in [-0.4, -0.2) is 30.8 Å². The quantitative estimate of drug-likeness (QED) is 0.741. The van der Waals surface area contributed by atoms with Crippen molar-refractivity contribution in [3.63, 3.8) is 0 Å². The Morgan fingerprint density at radius 1 is 1.11 bits per heavy atom. The minimum absolute atomic E-state index is 0.100. The lowest BCUT2D eigenvalue weighted by molar-refractivity contribution is -0.0914. The molecular weight excluding hydrogens is 350 g/mol. The highest BCUT2D eigenvalue weighted by molar-refractivity contribution is 5.70. The van der Waals surface area contributed by atoms with Crippen LogP contribution < -0.4 is 0 Å². The smallest absolute Gasteiger partial charge is 0.410 e. The van der Waals surface area contributed by atoms with E-state index in [4.69, 9.17) is 9.47 Å². The largest absolute Gasteiger partial charge is 0.445 e. The van der Waals surface area contributed by atoms with Gasteiger partial charge in [-0.1, -0.05) is 54.6 Å². The number of benzene rings is 2. The van der Waals surface area contributed by atoms with Crippen LogP contribution in [0.1, 0.15) is 43.4 Å². The van der Waals surface area contributed by atoms with E-state index in [-0.39, 0.29) is 11.5 Å². The molecule has 148 valence electrons. The average molecular weight is 380 g/mol. The number of rotatable bonds is 5. The van der Waals surface area contributed by atoms with Gasteiger partial charge in [-0.05, 0) is 49.8 Å². The molecule has 0 saturated carbocycles. The maximum atomic E-state index is 13.2. The van der Waals surface area contributed by atoms with Crippen LogP contribution in [-0.2, 0) is 28.0 Å². The minimum atomic E-state index is -0.412. The van der Waals surface area contributed by atoms with E-state index < -0.39 is 5.54 Å². The first-order valence-electron chi connectivity index (χ1n) is 10.3. The lowest BCUT2D eigenvalue weighted by Gasteiger charge is -2.54. The van der Waals surface area contributed by atoms with Crippen LogP contribution in [0.4, 0.5) is 4.79 Å². The van der Waals surface area contributed by atoms with Crippen molar-refractivity contribution < 1.29 is 14.3 Å². The lowest BCUT2D eigenvalue weighted by Crippen LogP contribution is -2.61. The van der Waals surface area contributed by atoms with E-state index in [1.54, 1.807) is 0 Å². The Bertz CT molecular complexity index is 837. The molecule has 2 atom stereocenters. The Hall–Kier alpha value is -2.33. The molecule has 0 N–H and O–H groups in total. The van der Waals surface area contributed by atoms with Crippen molar-refractivity contribution >= 4 is 6.09 Å². The monoisotopic (exact) mass is 379 g/mol. The Balaban J connectivity index is 1.64. The highest BCUT2D eigenvalue weighted by atomic mass is 16.6. The number of carbonyl (C=O) groups excluding carboxylic acids is 1. The highest BCUT2D eigenvalue weighted by Gasteiger charge is 2.61. The van der Waals surface area contributed by atoms with Gasteiger partial charge in [0.15, 0.2) is 0 Å². The maximum Gasteiger partial charge on any atom is 0.410 e. The number of fused-ring (bicyclic) bond motifs is 3. The average Bonchev–Trinajstić information content (AvgIpc) is 3.00. The number of nitrogens with zero attached hydrogens (tertiary/aromatic N) is 1. The molecule has 0 unspecified atom stereocenters. The van der Waals surface area contributed by atoms with E-state index in [2.05, 4.69) is 31.2 Å². The molecule has 4 rings (SSSR count). The summed E-state index contributed by atoms with van der Waals surface area (Å²) in [6.07, 6.45) is 2.74. The van der Waals surface area contributed by atoms with E-state index in [1.165, 1.54) is 11.1 Å². The Labute approximate surface area is 167 Å². The fraction of sp³-hybridized carbons (Fsp3) is 0.458. The van der Waals surface area contributed by atoms with Crippen LogP contribution in [0.3, 0.4) is 0 Å². The molecule has 0 aromatic heterocycles. The molecule has 1 aliphatic heterocycles. The number of carbonyl (C=O) groups is 1. The molecule has 4 heteroatoms.